The molecule has 0 amide bonds. The van der Waals surface area contributed by atoms with Crippen molar-refractivity contribution in [2.45, 2.75) is 5.16 Å². The molecule has 0 aliphatic heterocycles. The minimum Gasteiger partial charge on any atom is -0.409 e. The lowest BCUT2D eigenvalue weighted by Gasteiger charge is -1.94. The number of para-hydroxylation sites is 2. The zero-order valence-electron chi connectivity index (χ0n) is 7.84. The number of rotatable bonds is 3. The van der Waals surface area contributed by atoms with E-state index in [1.54, 1.807) is 0 Å². The number of amidine groups is 1. The zero-order chi connectivity index (χ0) is 10.7. The average molecular weight is 222 g/mol. The Labute approximate surface area is 90.4 Å². The first-order valence-corrected chi connectivity index (χ1v) is 5.32. The Balaban J connectivity index is 2.15. The molecule has 0 aliphatic carbocycles. The van der Waals surface area contributed by atoms with E-state index in [0.717, 1.165) is 16.2 Å². The third-order valence-electron chi connectivity index (χ3n) is 1.85. The molecule has 0 aliphatic rings. The van der Waals surface area contributed by atoms with Crippen molar-refractivity contribution in [3.05, 3.63) is 24.3 Å². The van der Waals surface area contributed by atoms with Crippen molar-refractivity contribution in [3.63, 3.8) is 0 Å². The van der Waals surface area contributed by atoms with Crippen LogP contribution >= 0.6 is 11.8 Å². The van der Waals surface area contributed by atoms with Gasteiger partial charge in [0, 0.05) is 0 Å². The topological polar surface area (TPSA) is 87.3 Å². The number of hydrogen-bond donors (Lipinski definition) is 3. The van der Waals surface area contributed by atoms with Gasteiger partial charge in [-0.1, -0.05) is 29.1 Å². The summed E-state index contributed by atoms with van der Waals surface area (Å²) < 4.78 is 0. The zero-order valence-corrected chi connectivity index (χ0v) is 8.66. The second-order valence-electron chi connectivity index (χ2n) is 2.94. The molecule has 2 rings (SSSR count). The summed E-state index contributed by atoms with van der Waals surface area (Å²) in [5.74, 6) is 0.594. The summed E-state index contributed by atoms with van der Waals surface area (Å²) in [6, 6.07) is 7.76. The standard InChI is InChI=1S/C9H10N4OS/c10-8(13-14)5-15-9-11-6-3-1-2-4-7(6)12-9/h1-4,14H,5H2,(H2,10,13)(H,11,12). The van der Waals surface area contributed by atoms with Gasteiger partial charge in [0.15, 0.2) is 5.16 Å². The SMILES string of the molecule is NC(CSc1nc2ccccc2[nH]1)=NO. The van der Waals surface area contributed by atoms with Crippen LogP contribution in [0.2, 0.25) is 0 Å². The van der Waals surface area contributed by atoms with Crippen LogP contribution in [0, 0.1) is 0 Å². The molecule has 0 saturated carbocycles. The second kappa shape index (κ2) is 4.22. The van der Waals surface area contributed by atoms with Crippen molar-refractivity contribution in [3.8, 4) is 0 Å². The van der Waals surface area contributed by atoms with E-state index in [1.165, 1.54) is 11.8 Å². The molecule has 0 radical (unpaired) electrons. The highest BCUT2D eigenvalue weighted by atomic mass is 32.2. The molecule has 0 atom stereocenters. The van der Waals surface area contributed by atoms with Crippen LogP contribution in [0.15, 0.2) is 34.6 Å². The van der Waals surface area contributed by atoms with Crippen LogP contribution < -0.4 is 5.73 Å². The number of thioether (sulfide) groups is 1. The Kier molecular flexibility index (Phi) is 2.77. The number of hydrogen-bond acceptors (Lipinski definition) is 4. The maximum atomic E-state index is 8.37. The lowest BCUT2D eigenvalue weighted by Crippen LogP contribution is -2.14. The molecular weight excluding hydrogens is 212 g/mol. The predicted molar refractivity (Wildman–Crippen MR) is 60.2 cm³/mol. The molecule has 1 aromatic heterocycles. The largest absolute Gasteiger partial charge is 0.409 e. The van der Waals surface area contributed by atoms with E-state index in [4.69, 9.17) is 10.9 Å². The average Bonchev–Trinajstić information content (AvgIpc) is 2.68. The molecule has 5 nitrogen and oxygen atoms in total. The van der Waals surface area contributed by atoms with Crippen molar-refractivity contribution < 1.29 is 5.21 Å². The predicted octanol–water partition coefficient (Wildman–Crippen LogP) is 1.40. The van der Waals surface area contributed by atoms with E-state index >= 15 is 0 Å². The molecule has 0 fully saturated rings. The summed E-state index contributed by atoms with van der Waals surface area (Å²) in [6.07, 6.45) is 0. The molecule has 15 heavy (non-hydrogen) atoms. The smallest absolute Gasteiger partial charge is 0.166 e. The monoisotopic (exact) mass is 222 g/mol. The van der Waals surface area contributed by atoms with Gasteiger partial charge in [0.2, 0.25) is 0 Å². The highest BCUT2D eigenvalue weighted by Crippen LogP contribution is 2.18. The van der Waals surface area contributed by atoms with Gasteiger partial charge < -0.3 is 15.9 Å². The first-order chi connectivity index (χ1) is 7.29. The molecule has 0 spiro atoms. The number of nitrogens with one attached hydrogen (secondary N) is 1. The number of oxime groups is 1. The van der Waals surface area contributed by atoms with Gasteiger partial charge in [0.25, 0.3) is 0 Å². The Morgan fingerprint density at radius 3 is 3.07 bits per heavy atom. The fourth-order valence-corrected chi connectivity index (χ4v) is 1.86. The molecular formula is C9H10N4OS. The van der Waals surface area contributed by atoms with E-state index in [0.29, 0.717) is 5.75 Å². The van der Waals surface area contributed by atoms with Crippen LogP contribution in [0.4, 0.5) is 0 Å². The lowest BCUT2D eigenvalue weighted by atomic mass is 10.3. The summed E-state index contributed by atoms with van der Waals surface area (Å²) >= 11 is 1.40. The fourth-order valence-electron chi connectivity index (χ4n) is 1.17. The fraction of sp³-hybridized carbons (Fsp3) is 0.111. The number of nitrogens with two attached hydrogens (primary N) is 1. The first-order valence-electron chi connectivity index (χ1n) is 4.33. The van der Waals surface area contributed by atoms with Crippen LogP contribution in [-0.2, 0) is 0 Å². The van der Waals surface area contributed by atoms with Gasteiger partial charge in [-0.2, -0.15) is 0 Å². The highest BCUT2D eigenvalue weighted by Gasteiger charge is 2.03. The molecule has 4 N–H and O–H groups in total. The van der Waals surface area contributed by atoms with Crippen LogP contribution in [0.1, 0.15) is 0 Å². The van der Waals surface area contributed by atoms with Gasteiger partial charge in [-0.15, -0.1) is 0 Å². The van der Waals surface area contributed by atoms with Crippen LogP contribution in [-0.4, -0.2) is 26.8 Å². The number of benzene rings is 1. The third kappa shape index (κ3) is 2.21. The Morgan fingerprint density at radius 2 is 2.33 bits per heavy atom. The van der Waals surface area contributed by atoms with Gasteiger partial charge in [-0.05, 0) is 12.1 Å². The van der Waals surface area contributed by atoms with Crippen LogP contribution in [0.25, 0.3) is 11.0 Å². The highest BCUT2D eigenvalue weighted by molar-refractivity contribution is 7.99. The minimum absolute atomic E-state index is 0.181. The number of nitrogens with zero attached hydrogens (tertiary/aromatic N) is 2. The van der Waals surface area contributed by atoms with E-state index in [2.05, 4.69) is 15.1 Å². The number of aromatic nitrogens is 2. The van der Waals surface area contributed by atoms with Gasteiger partial charge in [-0.3, -0.25) is 0 Å². The van der Waals surface area contributed by atoms with Crippen molar-refractivity contribution >= 4 is 28.6 Å². The summed E-state index contributed by atoms with van der Waals surface area (Å²) in [6.45, 7) is 0. The quantitative estimate of drug-likeness (QED) is 0.241. The van der Waals surface area contributed by atoms with E-state index < -0.39 is 0 Å². The maximum absolute atomic E-state index is 8.37. The van der Waals surface area contributed by atoms with E-state index in [1.807, 2.05) is 24.3 Å². The van der Waals surface area contributed by atoms with Crippen molar-refractivity contribution in [1.82, 2.24) is 9.97 Å². The normalized spacial score (nSPS) is 12.1. The van der Waals surface area contributed by atoms with Crippen molar-refractivity contribution in [2.24, 2.45) is 10.9 Å². The first kappa shape index (κ1) is 9.85. The molecule has 0 saturated heterocycles. The van der Waals surface area contributed by atoms with E-state index in [9.17, 15) is 0 Å². The molecule has 78 valence electrons. The van der Waals surface area contributed by atoms with Crippen molar-refractivity contribution in [1.29, 1.82) is 0 Å². The Morgan fingerprint density at radius 1 is 1.53 bits per heavy atom. The summed E-state index contributed by atoms with van der Waals surface area (Å²) in [5.41, 5.74) is 7.25. The summed E-state index contributed by atoms with van der Waals surface area (Å²) in [7, 11) is 0. The Hall–Kier alpha value is -1.69. The molecule has 6 heteroatoms. The van der Waals surface area contributed by atoms with E-state index in [-0.39, 0.29) is 5.84 Å². The maximum Gasteiger partial charge on any atom is 0.166 e. The van der Waals surface area contributed by atoms with Crippen LogP contribution in [0.5, 0.6) is 0 Å². The number of imidazole rings is 1. The van der Waals surface area contributed by atoms with Gasteiger partial charge >= 0.3 is 0 Å². The number of H-pyrrole nitrogens is 1. The second-order valence-corrected chi connectivity index (χ2v) is 3.90. The van der Waals surface area contributed by atoms with Gasteiger partial charge in [0.1, 0.15) is 5.84 Å². The van der Waals surface area contributed by atoms with Gasteiger partial charge in [-0.25, -0.2) is 4.98 Å². The van der Waals surface area contributed by atoms with Gasteiger partial charge in [0.05, 0.1) is 16.8 Å². The summed E-state index contributed by atoms with van der Waals surface area (Å²) in [5, 5.41) is 12.0. The lowest BCUT2D eigenvalue weighted by molar-refractivity contribution is 0.318. The van der Waals surface area contributed by atoms with Crippen LogP contribution in [0.3, 0.4) is 0 Å². The molecule has 2 aromatic rings. The third-order valence-corrected chi connectivity index (χ3v) is 2.76. The number of fused-ring (bicyclic) bond motifs is 1. The molecule has 1 aromatic carbocycles. The number of aromatic amines is 1. The Bertz CT molecular complexity index is 461. The summed E-state index contributed by atoms with van der Waals surface area (Å²) in [4.78, 5) is 7.47. The molecule has 1 heterocycles. The molecule has 0 unspecified atom stereocenters. The molecule has 0 bridgehead atoms. The van der Waals surface area contributed by atoms with Crippen molar-refractivity contribution in [2.75, 3.05) is 5.75 Å². The minimum atomic E-state index is 0.181.